The molecule has 9 aromatic rings. The molecule has 8 atom stereocenters. The quantitative estimate of drug-likeness (QED) is 0.00782. The second kappa shape index (κ2) is 38.5. The summed E-state index contributed by atoms with van der Waals surface area (Å²) in [4.78, 5) is 73.9. The van der Waals surface area contributed by atoms with Crippen molar-refractivity contribution in [2.24, 2.45) is 0 Å². The fourth-order valence-electron chi connectivity index (χ4n) is 14.9. The Morgan fingerprint density at radius 3 is 1.72 bits per heavy atom. The molecule has 0 saturated carbocycles. The molecule has 110 heavy (non-hydrogen) atoms. The van der Waals surface area contributed by atoms with E-state index in [1.54, 1.807) is 57.3 Å². The van der Waals surface area contributed by atoms with Gasteiger partial charge in [-0.05, 0) is 113 Å². The van der Waals surface area contributed by atoms with Crippen molar-refractivity contribution in [1.82, 2.24) is 40.4 Å². The smallest absolute Gasteiger partial charge is 0.329 e. The van der Waals surface area contributed by atoms with Gasteiger partial charge in [-0.2, -0.15) is 11.8 Å². The Kier molecular flexibility index (Phi) is 27.3. The maximum absolute atomic E-state index is 15.1. The molecular weight excluding hydrogens is 1420 g/mol. The van der Waals surface area contributed by atoms with Crippen molar-refractivity contribution in [3.63, 3.8) is 0 Å². The number of rotatable bonds is 41. The van der Waals surface area contributed by atoms with Crippen LogP contribution in [-0.4, -0.2) is 189 Å². The number of nitrogens with one attached hydrogen (secondary N) is 4. The van der Waals surface area contributed by atoms with Crippen molar-refractivity contribution in [3.05, 3.63) is 240 Å². The fourth-order valence-corrected chi connectivity index (χ4v) is 16.4. The predicted molar refractivity (Wildman–Crippen MR) is 415 cm³/mol. The molecule has 0 bridgehead atoms. The van der Waals surface area contributed by atoms with Crippen LogP contribution in [0.3, 0.4) is 0 Å². The number of urea groups is 1. The summed E-state index contributed by atoms with van der Waals surface area (Å²) in [7, 11) is 9.52. The maximum Gasteiger partial charge on any atom is 0.329 e. The van der Waals surface area contributed by atoms with Gasteiger partial charge in [0.1, 0.15) is 58.7 Å². The van der Waals surface area contributed by atoms with Crippen molar-refractivity contribution in [2.75, 3.05) is 93.3 Å². The van der Waals surface area contributed by atoms with E-state index in [4.69, 9.17) is 67.1 Å². The molecular formula is C84H97N9O16S. The highest BCUT2D eigenvalue weighted by atomic mass is 32.2. The van der Waals surface area contributed by atoms with Crippen LogP contribution in [0.5, 0.6) is 23.0 Å². The number of benzene rings is 7. The van der Waals surface area contributed by atoms with E-state index in [2.05, 4.69) is 28.1 Å². The average molecular weight is 1520 g/mol. The Morgan fingerprint density at radius 1 is 0.627 bits per heavy atom. The van der Waals surface area contributed by atoms with E-state index in [1.807, 2.05) is 168 Å². The SMILES string of the molecule is [2H]N(C(=O)CCCCCNC(=O)CCCC[C@@H]1SC[C@H]2[C@@H]1NC(=O)N2C(c1ccccc1)(c1ccc(OC)cc1)c1ccc(OC)cc1)[C@@H](Cc1ccccc1)C(=O)O[C@H]1[C@@H](OC(OCCOC)OCCOC)[C@H](n2cnc3c(NC(c4ccccc4)(c4ccc(OC)cc4)c4ccc(OC)cc4)ncnc32)O[C@@H]1CO. The minimum absolute atomic E-state index is 0.0108. The van der Waals surface area contributed by atoms with Crippen LogP contribution < -0.4 is 40.2 Å². The molecule has 26 heteroatoms. The Morgan fingerprint density at radius 2 is 1.15 bits per heavy atom. The van der Waals surface area contributed by atoms with Gasteiger partial charge in [-0.1, -0.05) is 152 Å². The molecule has 0 radical (unpaired) electrons. The number of methoxy groups -OCH3 is 6. The van der Waals surface area contributed by atoms with Crippen LogP contribution in [0.1, 0.15) is 96.5 Å². The minimum atomic E-state index is -1.49. The average Bonchev–Trinajstić information content (AvgIpc) is 1.62. The molecule has 5 N–H and O–H groups in total. The summed E-state index contributed by atoms with van der Waals surface area (Å²) in [5.74, 6) is 2.09. The van der Waals surface area contributed by atoms with E-state index >= 15 is 4.79 Å². The van der Waals surface area contributed by atoms with Crippen LogP contribution in [0.2, 0.25) is 1.41 Å². The molecule has 0 unspecified atom stereocenters. The van der Waals surface area contributed by atoms with Crippen LogP contribution in [0.15, 0.2) is 201 Å². The number of aliphatic hydroxyl groups is 1. The third kappa shape index (κ3) is 18.2. The number of hydrogen-bond donors (Lipinski definition) is 5. The highest BCUT2D eigenvalue weighted by Gasteiger charge is 2.58. The number of aromatic nitrogens is 4. The zero-order valence-corrected chi connectivity index (χ0v) is 63.5. The van der Waals surface area contributed by atoms with E-state index in [0.717, 1.165) is 52.0 Å². The van der Waals surface area contributed by atoms with Crippen molar-refractivity contribution >= 4 is 52.6 Å². The van der Waals surface area contributed by atoms with Gasteiger partial charge in [-0.25, -0.2) is 24.5 Å². The second-order valence-corrected chi connectivity index (χ2v) is 28.2. The third-order valence-electron chi connectivity index (χ3n) is 20.3. The number of ether oxygens (including phenoxy) is 11. The lowest BCUT2D eigenvalue weighted by Gasteiger charge is -2.45. The summed E-state index contributed by atoms with van der Waals surface area (Å²) < 4.78 is 75.9. The van der Waals surface area contributed by atoms with Gasteiger partial charge in [0.2, 0.25) is 11.8 Å². The lowest BCUT2D eigenvalue weighted by molar-refractivity contribution is -0.321. The number of carbonyl (C=O) groups excluding carboxylic acids is 4. The van der Waals surface area contributed by atoms with Gasteiger partial charge in [-0.15, -0.1) is 0 Å². The van der Waals surface area contributed by atoms with Crippen molar-refractivity contribution in [1.29, 1.82) is 0 Å². The van der Waals surface area contributed by atoms with Gasteiger partial charge in [0.05, 0.1) is 79.9 Å². The number of nitrogens with zero attached hydrogens (tertiary/aromatic N) is 5. The molecule has 0 aliphatic carbocycles. The molecule has 3 fully saturated rings. The van der Waals surface area contributed by atoms with Crippen LogP contribution in [-0.2, 0) is 65.0 Å². The standard InChI is InChI=1S/C84H97N9O16S/c1-99-47-49-105-82(106-50-48-100-2)109-76-75(69(52-94)107-79(76)92-55-88-74-77(86-54-87-78(74)92)91-83(57-23-13-8-14-24-57,58-30-38-63(101-3)39-31-58)59-32-40-64(102-4)41-33-59)108-80(97)67(51-56-21-11-7-12-22-56)89-72(96)29-17-10-20-46-85-71(95)28-19-18-27-70-73-68(53-110-70)93(81(98)90-73)84(60-25-15-9-16-26-60,61-34-42-65(103-5)43-35-61)62-36-44-66(104-6)45-37-62/h7-9,11-16,21-26,30-45,54-55,67-70,73,75-76,79,82,94H,10,17-20,27-29,46-53H2,1-6H3,(H,85,95)(H,89,96)(H,90,98)(H,86,87,91)/t67-,68-,69+,70-,73-,75+,76+,79+/m0/s1/i/hD. The van der Waals surface area contributed by atoms with Gasteiger partial charge in [0, 0.05) is 51.0 Å². The van der Waals surface area contributed by atoms with E-state index in [-0.39, 0.29) is 74.2 Å². The molecule has 12 rings (SSSR count). The Bertz CT molecular complexity index is 4340. The maximum atomic E-state index is 15.1. The lowest BCUT2D eigenvalue weighted by atomic mass is 9.74. The lowest BCUT2D eigenvalue weighted by Crippen LogP contribution is -2.53. The number of thioether (sulfide) groups is 1. The number of unbranched alkanes of at least 4 members (excludes halogenated alkanes) is 3. The third-order valence-corrected chi connectivity index (χ3v) is 21.8. The number of hydrogen-bond acceptors (Lipinski definition) is 21. The molecule has 3 aliphatic heterocycles. The molecule has 4 amide bonds. The number of anilines is 1. The summed E-state index contributed by atoms with van der Waals surface area (Å²) in [6.07, 6.45) is 1.40. The first kappa shape index (κ1) is 78.0. The van der Waals surface area contributed by atoms with E-state index in [1.165, 1.54) is 26.9 Å². The number of amides is 4. The topological polar surface area (TPSA) is 285 Å². The molecule has 3 saturated heterocycles. The van der Waals surface area contributed by atoms with E-state index < -0.39 is 66.6 Å². The first-order chi connectivity index (χ1) is 54.3. The van der Waals surface area contributed by atoms with Crippen molar-refractivity contribution in [2.45, 2.75) is 123 Å². The highest BCUT2D eigenvalue weighted by Crippen LogP contribution is 2.50. The van der Waals surface area contributed by atoms with E-state index in [0.29, 0.717) is 83.9 Å². The summed E-state index contributed by atoms with van der Waals surface area (Å²) in [6.45, 7) is -1.41. The fraction of sp³-hybridized carbons (Fsp3) is 0.393. The van der Waals surface area contributed by atoms with Gasteiger partial charge >= 0.3 is 12.0 Å². The van der Waals surface area contributed by atoms with E-state index in [9.17, 15) is 20.9 Å². The number of fused-ring (bicyclic) bond motifs is 2. The van der Waals surface area contributed by atoms with Gasteiger partial charge in [0.25, 0.3) is 6.48 Å². The first-order valence-electron chi connectivity index (χ1n) is 37.6. The largest absolute Gasteiger partial charge is 0.497 e. The van der Waals surface area contributed by atoms with Crippen LogP contribution in [0.25, 0.3) is 11.2 Å². The Balaban J connectivity index is 0.699. The summed E-state index contributed by atoms with van der Waals surface area (Å²) in [5, 5.41) is 22.3. The second-order valence-electron chi connectivity index (χ2n) is 27.0. The molecule has 3 aliphatic rings. The first-order valence-corrected chi connectivity index (χ1v) is 38.2. The summed E-state index contributed by atoms with van der Waals surface area (Å²) in [5.41, 5.74) is 4.37. The van der Waals surface area contributed by atoms with Gasteiger partial charge in [0.15, 0.2) is 30.7 Å². The molecule has 25 nitrogen and oxygen atoms in total. The van der Waals surface area contributed by atoms with Crippen LogP contribution in [0.4, 0.5) is 10.6 Å². The summed E-state index contributed by atoms with van der Waals surface area (Å²) in [6, 6.07) is 58.4. The zero-order chi connectivity index (χ0) is 77.7. The molecule has 7 aromatic carbocycles. The van der Waals surface area contributed by atoms with Crippen LogP contribution >= 0.6 is 11.8 Å². The Labute approximate surface area is 646 Å². The number of esters is 1. The highest BCUT2D eigenvalue weighted by molar-refractivity contribution is 8.00. The monoisotopic (exact) mass is 1520 g/mol. The van der Waals surface area contributed by atoms with Crippen molar-refractivity contribution in [3.8, 4) is 23.0 Å². The summed E-state index contributed by atoms with van der Waals surface area (Å²) >= 11 is 1.85. The Hall–Kier alpha value is -10.2. The van der Waals surface area contributed by atoms with Crippen molar-refractivity contribution < 1.29 is 77.8 Å². The zero-order valence-electron chi connectivity index (χ0n) is 63.7. The molecule has 2 aromatic heterocycles. The van der Waals surface area contributed by atoms with Gasteiger partial charge < -0.3 is 83.4 Å². The number of imidazole rings is 1. The molecule has 580 valence electrons. The molecule has 0 spiro atoms. The number of aliphatic hydroxyl groups excluding tert-OH is 1. The predicted octanol–water partition coefficient (Wildman–Crippen LogP) is 10.9. The normalized spacial score (nSPS) is 18.7. The minimum Gasteiger partial charge on any atom is -0.497 e. The molecule has 5 heterocycles. The van der Waals surface area contributed by atoms with Gasteiger partial charge in [-0.3, -0.25) is 14.2 Å². The number of carbonyl (C=O) groups is 4. The van der Waals surface area contributed by atoms with Crippen LogP contribution in [0, 0.1) is 0 Å².